The maximum absolute atomic E-state index is 11.0. The number of aromatic nitrogens is 2. The lowest BCUT2D eigenvalue weighted by Gasteiger charge is -2.04. The molecule has 1 N–H and O–H groups in total. The van der Waals surface area contributed by atoms with Crippen LogP contribution in [0, 0.1) is 13.8 Å². The van der Waals surface area contributed by atoms with Gasteiger partial charge < -0.3 is 10.1 Å². The van der Waals surface area contributed by atoms with Crippen molar-refractivity contribution < 1.29 is 9.53 Å². The number of nitrogens with zero attached hydrogens (tertiary/aromatic N) is 2. The molecule has 0 aliphatic heterocycles. The molecule has 0 radical (unpaired) electrons. The fourth-order valence-corrected chi connectivity index (χ4v) is 2.66. The Labute approximate surface area is 103 Å². The minimum absolute atomic E-state index is 0.215. The zero-order chi connectivity index (χ0) is 12.4. The molecule has 0 amide bonds. The van der Waals surface area contributed by atoms with E-state index in [2.05, 4.69) is 31.7 Å². The maximum atomic E-state index is 11.0. The van der Waals surface area contributed by atoms with Gasteiger partial charge in [-0.3, -0.25) is 9.20 Å². The van der Waals surface area contributed by atoms with Gasteiger partial charge in [-0.1, -0.05) is 0 Å². The normalized spacial score (nSPS) is 11.0. The standard InChI is InChI=1S/C11H15N3O2S/c1-7-6-17-11-13-8(2)9(14(7)11)4-12-5-10(15)16-3/h6,12H,4-5H2,1-3H3. The minimum Gasteiger partial charge on any atom is -0.468 e. The second-order valence-corrected chi connectivity index (χ2v) is 4.66. The van der Waals surface area contributed by atoms with Gasteiger partial charge in [-0.05, 0) is 13.8 Å². The second kappa shape index (κ2) is 4.85. The third-order valence-electron chi connectivity index (χ3n) is 2.62. The summed E-state index contributed by atoms with van der Waals surface area (Å²) in [5.74, 6) is -0.259. The first-order valence-corrected chi connectivity index (χ1v) is 6.21. The quantitative estimate of drug-likeness (QED) is 0.834. The van der Waals surface area contributed by atoms with Crippen molar-refractivity contribution in [1.82, 2.24) is 14.7 Å². The maximum Gasteiger partial charge on any atom is 0.319 e. The van der Waals surface area contributed by atoms with Gasteiger partial charge in [0, 0.05) is 17.6 Å². The average molecular weight is 253 g/mol. The zero-order valence-electron chi connectivity index (χ0n) is 10.1. The van der Waals surface area contributed by atoms with E-state index in [4.69, 9.17) is 0 Å². The van der Waals surface area contributed by atoms with Crippen LogP contribution in [0.4, 0.5) is 0 Å². The fraction of sp³-hybridized carbons (Fsp3) is 0.455. The number of ether oxygens (including phenoxy) is 1. The van der Waals surface area contributed by atoms with Crippen molar-refractivity contribution in [2.75, 3.05) is 13.7 Å². The highest BCUT2D eigenvalue weighted by atomic mass is 32.1. The highest BCUT2D eigenvalue weighted by Crippen LogP contribution is 2.20. The number of aryl methyl sites for hydroxylation is 2. The van der Waals surface area contributed by atoms with Gasteiger partial charge in [0.15, 0.2) is 4.96 Å². The highest BCUT2D eigenvalue weighted by Gasteiger charge is 2.12. The van der Waals surface area contributed by atoms with Crippen molar-refractivity contribution in [3.8, 4) is 0 Å². The van der Waals surface area contributed by atoms with Gasteiger partial charge in [-0.15, -0.1) is 11.3 Å². The average Bonchev–Trinajstić information content (AvgIpc) is 2.80. The molecule has 0 aliphatic rings. The van der Waals surface area contributed by atoms with E-state index in [0.29, 0.717) is 6.54 Å². The summed E-state index contributed by atoms with van der Waals surface area (Å²) in [6.07, 6.45) is 0. The number of rotatable bonds is 4. The van der Waals surface area contributed by atoms with Crippen molar-refractivity contribution >= 4 is 22.3 Å². The van der Waals surface area contributed by atoms with Crippen LogP contribution < -0.4 is 5.32 Å². The molecule has 0 aliphatic carbocycles. The van der Waals surface area contributed by atoms with Gasteiger partial charge in [0.05, 0.1) is 25.0 Å². The minimum atomic E-state index is -0.259. The number of hydrogen-bond donors (Lipinski definition) is 1. The Hall–Kier alpha value is -1.40. The molecule has 0 fully saturated rings. The molecule has 2 aromatic rings. The van der Waals surface area contributed by atoms with Gasteiger partial charge in [0.25, 0.3) is 0 Å². The number of hydrogen-bond acceptors (Lipinski definition) is 5. The predicted octanol–water partition coefficient (Wildman–Crippen LogP) is 1.28. The first kappa shape index (κ1) is 12.1. The predicted molar refractivity (Wildman–Crippen MR) is 66.3 cm³/mol. The van der Waals surface area contributed by atoms with E-state index >= 15 is 0 Å². The van der Waals surface area contributed by atoms with Gasteiger partial charge in [0.1, 0.15) is 0 Å². The first-order valence-electron chi connectivity index (χ1n) is 5.33. The largest absolute Gasteiger partial charge is 0.468 e. The van der Waals surface area contributed by atoms with Crippen molar-refractivity contribution in [1.29, 1.82) is 0 Å². The Morgan fingerprint density at radius 3 is 3.06 bits per heavy atom. The number of carbonyl (C=O) groups excluding carboxylic acids is 1. The number of methoxy groups -OCH3 is 1. The van der Waals surface area contributed by atoms with Crippen LogP contribution in [0.15, 0.2) is 5.38 Å². The Morgan fingerprint density at radius 2 is 2.35 bits per heavy atom. The molecule has 0 aromatic carbocycles. The molecule has 0 bridgehead atoms. The highest BCUT2D eigenvalue weighted by molar-refractivity contribution is 7.15. The first-order chi connectivity index (χ1) is 8.13. The van der Waals surface area contributed by atoms with Gasteiger partial charge in [-0.2, -0.15) is 0 Å². The molecule has 0 spiro atoms. The topological polar surface area (TPSA) is 55.6 Å². The number of thiazole rings is 1. The zero-order valence-corrected chi connectivity index (χ0v) is 10.9. The van der Waals surface area contributed by atoms with Crippen LogP contribution in [0.5, 0.6) is 0 Å². The van der Waals surface area contributed by atoms with E-state index in [0.717, 1.165) is 16.3 Å². The Balaban J connectivity index is 2.14. The third-order valence-corrected chi connectivity index (χ3v) is 3.56. The molecule has 0 saturated carbocycles. The molecule has 0 saturated heterocycles. The van der Waals surface area contributed by atoms with E-state index in [1.54, 1.807) is 11.3 Å². The lowest BCUT2D eigenvalue weighted by molar-refractivity contribution is -0.139. The summed E-state index contributed by atoms with van der Waals surface area (Å²) in [5.41, 5.74) is 3.26. The second-order valence-electron chi connectivity index (χ2n) is 3.82. The summed E-state index contributed by atoms with van der Waals surface area (Å²) < 4.78 is 6.69. The number of esters is 1. The molecular formula is C11H15N3O2S. The molecule has 2 heterocycles. The summed E-state index contributed by atoms with van der Waals surface area (Å²) in [4.78, 5) is 16.5. The number of imidazole rings is 1. The van der Waals surface area contributed by atoms with E-state index < -0.39 is 0 Å². The summed E-state index contributed by atoms with van der Waals surface area (Å²) in [6.45, 7) is 4.86. The molecule has 2 aromatic heterocycles. The summed E-state index contributed by atoms with van der Waals surface area (Å²) in [5, 5.41) is 5.13. The Kier molecular flexibility index (Phi) is 3.44. The molecule has 0 atom stereocenters. The van der Waals surface area contributed by atoms with Crippen LogP contribution in [0.3, 0.4) is 0 Å². The molecule has 6 heteroatoms. The SMILES string of the molecule is COC(=O)CNCc1c(C)nc2scc(C)n12. The van der Waals surface area contributed by atoms with Crippen LogP contribution in [0.1, 0.15) is 17.1 Å². The lowest BCUT2D eigenvalue weighted by Crippen LogP contribution is -2.24. The van der Waals surface area contributed by atoms with Crippen LogP contribution in [-0.2, 0) is 16.1 Å². The summed E-state index contributed by atoms with van der Waals surface area (Å²) >= 11 is 1.63. The van der Waals surface area contributed by atoms with Crippen molar-refractivity contribution in [2.45, 2.75) is 20.4 Å². The number of nitrogens with one attached hydrogen (secondary N) is 1. The molecule has 17 heavy (non-hydrogen) atoms. The van der Waals surface area contributed by atoms with E-state index in [1.165, 1.54) is 12.8 Å². The molecule has 2 rings (SSSR count). The van der Waals surface area contributed by atoms with Gasteiger partial charge >= 0.3 is 5.97 Å². The van der Waals surface area contributed by atoms with Crippen LogP contribution in [0.25, 0.3) is 4.96 Å². The summed E-state index contributed by atoms with van der Waals surface area (Å²) in [6, 6.07) is 0. The monoisotopic (exact) mass is 253 g/mol. The van der Waals surface area contributed by atoms with Crippen LogP contribution >= 0.6 is 11.3 Å². The Morgan fingerprint density at radius 1 is 1.59 bits per heavy atom. The molecule has 5 nitrogen and oxygen atoms in total. The van der Waals surface area contributed by atoms with Gasteiger partial charge in [-0.25, -0.2) is 4.98 Å². The lowest BCUT2D eigenvalue weighted by atomic mass is 10.3. The molecule has 0 unspecified atom stereocenters. The van der Waals surface area contributed by atoms with Crippen LogP contribution in [0.2, 0.25) is 0 Å². The Bertz CT molecular complexity index is 544. The van der Waals surface area contributed by atoms with Gasteiger partial charge in [0.2, 0.25) is 0 Å². The van der Waals surface area contributed by atoms with Crippen molar-refractivity contribution in [3.63, 3.8) is 0 Å². The van der Waals surface area contributed by atoms with E-state index in [-0.39, 0.29) is 12.5 Å². The fourth-order valence-electron chi connectivity index (χ4n) is 1.73. The van der Waals surface area contributed by atoms with E-state index in [1.807, 2.05) is 6.92 Å². The van der Waals surface area contributed by atoms with Crippen LogP contribution in [-0.4, -0.2) is 29.0 Å². The van der Waals surface area contributed by atoms with Crippen molar-refractivity contribution in [3.05, 3.63) is 22.5 Å². The summed E-state index contributed by atoms with van der Waals surface area (Å²) in [7, 11) is 1.38. The van der Waals surface area contributed by atoms with E-state index in [9.17, 15) is 4.79 Å². The number of fused-ring (bicyclic) bond motifs is 1. The molecule has 92 valence electrons. The number of carbonyl (C=O) groups is 1. The third kappa shape index (κ3) is 2.32. The van der Waals surface area contributed by atoms with Crippen molar-refractivity contribution in [2.24, 2.45) is 0 Å². The smallest absolute Gasteiger partial charge is 0.319 e. The molecular weight excluding hydrogens is 238 g/mol.